The van der Waals surface area contributed by atoms with Gasteiger partial charge in [-0.1, -0.05) is 55.5 Å². The third kappa shape index (κ3) is 4.71. The number of carbonyl (C=O) groups is 2. The molecule has 0 bridgehead atoms. The van der Waals surface area contributed by atoms with E-state index in [-0.39, 0.29) is 18.0 Å². The summed E-state index contributed by atoms with van der Waals surface area (Å²) in [5, 5.41) is 9.53. The second-order valence-corrected chi connectivity index (χ2v) is 8.44. The first-order valence-electron chi connectivity index (χ1n) is 11.4. The maximum Gasteiger partial charge on any atom is 0.335 e. The monoisotopic (exact) mass is 456 g/mol. The van der Waals surface area contributed by atoms with Crippen LogP contribution < -0.4 is 0 Å². The van der Waals surface area contributed by atoms with Gasteiger partial charge in [0.15, 0.2) is 0 Å². The lowest BCUT2D eigenvalue weighted by Gasteiger charge is -2.12. The molecular formula is C28H28N2O4. The van der Waals surface area contributed by atoms with Crippen LogP contribution in [0.5, 0.6) is 0 Å². The van der Waals surface area contributed by atoms with Crippen molar-refractivity contribution >= 4 is 23.0 Å². The van der Waals surface area contributed by atoms with Gasteiger partial charge < -0.3 is 14.4 Å². The third-order valence-electron chi connectivity index (χ3n) is 6.03. The highest BCUT2D eigenvalue weighted by molar-refractivity contribution is 5.94. The second-order valence-electron chi connectivity index (χ2n) is 8.44. The average molecular weight is 457 g/mol. The molecule has 0 saturated heterocycles. The fourth-order valence-electron chi connectivity index (χ4n) is 4.31. The minimum absolute atomic E-state index is 0.223. The molecule has 0 fully saturated rings. The molecule has 0 aliphatic carbocycles. The number of fused-ring (bicyclic) bond motifs is 1. The normalized spacial score (nSPS) is 11.0. The van der Waals surface area contributed by atoms with Crippen LogP contribution in [0.15, 0.2) is 60.7 Å². The van der Waals surface area contributed by atoms with Crippen LogP contribution in [-0.4, -0.2) is 33.7 Å². The number of hydrogen-bond donors (Lipinski definition) is 1. The highest BCUT2D eigenvalue weighted by Gasteiger charge is 2.16. The van der Waals surface area contributed by atoms with E-state index >= 15 is 0 Å². The molecule has 1 aromatic heterocycles. The van der Waals surface area contributed by atoms with E-state index in [0.29, 0.717) is 6.54 Å². The number of ether oxygens (including phenoxy) is 1. The Morgan fingerprint density at radius 1 is 1.06 bits per heavy atom. The van der Waals surface area contributed by atoms with Gasteiger partial charge in [0.1, 0.15) is 5.82 Å². The van der Waals surface area contributed by atoms with Crippen LogP contribution in [-0.2, 0) is 28.9 Å². The lowest BCUT2D eigenvalue weighted by Crippen LogP contribution is -2.06. The van der Waals surface area contributed by atoms with Gasteiger partial charge in [-0.15, -0.1) is 0 Å². The molecule has 4 aromatic rings. The number of esters is 1. The molecule has 0 amide bonds. The summed E-state index contributed by atoms with van der Waals surface area (Å²) < 4.78 is 6.96. The molecule has 0 spiro atoms. The minimum Gasteiger partial charge on any atom is -0.478 e. The second kappa shape index (κ2) is 9.91. The molecule has 0 unspecified atom stereocenters. The zero-order valence-corrected chi connectivity index (χ0v) is 19.7. The third-order valence-corrected chi connectivity index (χ3v) is 6.03. The smallest absolute Gasteiger partial charge is 0.335 e. The predicted molar refractivity (Wildman–Crippen MR) is 132 cm³/mol. The Bertz CT molecular complexity index is 1350. The maximum absolute atomic E-state index is 11.8. The number of nitrogens with zero attached hydrogens (tertiary/aromatic N) is 2. The number of carboxylic acids is 1. The van der Waals surface area contributed by atoms with Crippen molar-refractivity contribution in [2.45, 2.75) is 39.7 Å². The molecular weight excluding hydrogens is 428 g/mol. The molecule has 1 heterocycles. The average Bonchev–Trinajstić information content (AvgIpc) is 3.17. The molecule has 34 heavy (non-hydrogen) atoms. The van der Waals surface area contributed by atoms with E-state index in [9.17, 15) is 14.7 Å². The Labute approximate surface area is 198 Å². The minimum atomic E-state index is -0.940. The molecule has 0 aliphatic rings. The van der Waals surface area contributed by atoms with E-state index in [2.05, 4.69) is 35.8 Å². The largest absolute Gasteiger partial charge is 0.478 e. The Morgan fingerprint density at radius 3 is 2.47 bits per heavy atom. The van der Waals surface area contributed by atoms with Gasteiger partial charge in [-0.05, 0) is 53.3 Å². The van der Waals surface area contributed by atoms with E-state index in [1.807, 2.05) is 31.2 Å². The van der Waals surface area contributed by atoms with E-state index in [4.69, 9.17) is 9.72 Å². The summed E-state index contributed by atoms with van der Waals surface area (Å²) in [5.41, 5.74) is 6.86. The van der Waals surface area contributed by atoms with Gasteiger partial charge in [-0.3, -0.25) is 4.79 Å². The van der Waals surface area contributed by atoms with Crippen LogP contribution in [0.3, 0.4) is 0 Å². The Balaban J connectivity index is 1.69. The summed E-state index contributed by atoms with van der Waals surface area (Å²) in [7, 11) is 1.40. The quantitative estimate of drug-likeness (QED) is 0.358. The van der Waals surface area contributed by atoms with E-state index in [1.54, 1.807) is 12.1 Å². The predicted octanol–water partition coefficient (Wildman–Crippen LogP) is 5.43. The van der Waals surface area contributed by atoms with Gasteiger partial charge in [-0.2, -0.15) is 0 Å². The maximum atomic E-state index is 11.8. The van der Waals surface area contributed by atoms with Crippen molar-refractivity contribution in [2.75, 3.05) is 7.11 Å². The first kappa shape index (κ1) is 23.2. The van der Waals surface area contributed by atoms with Crippen LogP contribution in [0.4, 0.5) is 0 Å². The van der Waals surface area contributed by atoms with Gasteiger partial charge in [-0.25, -0.2) is 9.78 Å². The number of aromatic nitrogens is 2. The van der Waals surface area contributed by atoms with E-state index < -0.39 is 5.97 Å². The fraction of sp³-hybridized carbons (Fsp3) is 0.250. The molecule has 6 nitrogen and oxygen atoms in total. The van der Waals surface area contributed by atoms with Crippen LogP contribution in [0, 0.1) is 6.92 Å². The van der Waals surface area contributed by atoms with Crippen molar-refractivity contribution in [1.29, 1.82) is 0 Å². The number of rotatable bonds is 8. The highest BCUT2D eigenvalue weighted by Crippen LogP contribution is 2.27. The number of carboxylic acid groups (broad SMARTS) is 1. The van der Waals surface area contributed by atoms with Crippen LogP contribution in [0.2, 0.25) is 0 Å². The molecule has 1 N–H and O–H groups in total. The molecule has 0 atom stereocenters. The zero-order valence-electron chi connectivity index (χ0n) is 19.7. The first-order chi connectivity index (χ1) is 16.4. The van der Waals surface area contributed by atoms with Crippen molar-refractivity contribution in [3.05, 3.63) is 88.7 Å². The van der Waals surface area contributed by atoms with Crippen LogP contribution >= 0.6 is 0 Å². The van der Waals surface area contributed by atoms with Gasteiger partial charge in [0.25, 0.3) is 0 Å². The summed E-state index contributed by atoms with van der Waals surface area (Å²) in [4.78, 5) is 28.3. The van der Waals surface area contributed by atoms with Gasteiger partial charge >= 0.3 is 11.9 Å². The molecule has 0 saturated carbocycles. The molecule has 3 aromatic carbocycles. The van der Waals surface area contributed by atoms with Crippen molar-refractivity contribution in [2.24, 2.45) is 0 Å². The van der Waals surface area contributed by atoms with Gasteiger partial charge in [0.05, 0.1) is 30.1 Å². The molecule has 0 aliphatic heterocycles. The Hall–Kier alpha value is -3.93. The molecule has 4 rings (SSSR count). The van der Waals surface area contributed by atoms with Gasteiger partial charge in [0, 0.05) is 13.0 Å². The summed E-state index contributed by atoms with van der Waals surface area (Å²) in [5.74, 6) is -0.254. The van der Waals surface area contributed by atoms with Crippen LogP contribution in [0.1, 0.15) is 46.2 Å². The number of carbonyl (C=O) groups excluding carboxylic acids is 1. The number of hydrogen-bond acceptors (Lipinski definition) is 4. The number of imidazole rings is 1. The number of aromatic carboxylic acids is 1. The van der Waals surface area contributed by atoms with Crippen molar-refractivity contribution in [3.8, 4) is 11.1 Å². The Morgan fingerprint density at radius 2 is 1.79 bits per heavy atom. The fourth-order valence-corrected chi connectivity index (χ4v) is 4.31. The number of aryl methyl sites for hydroxylation is 2. The zero-order chi connectivity index (χ0) is 24.2. The number of methoxy groups -OCH3 is 1. The van der Waals surface area contributed by atoms with Crippen molar-refractivity contribution in [3.63, 3.8) is 0 Å². The summed E-state index contributed by atoms with van der Waals surface area (Å²) in [6.45, 7) is 4.61. The standard InChI is InChI=1S/C28H28N2O4/c1-4-7-25-29-27-18(2)14-22(28(32)33)15-24(27)30(25)17-19-10-12-20(13-11-19)23-9-6-5-8-21(23)16-26(31)34-3/h5-6,8-15H,4,7,16-17H2,1-3H3,(H,32,33). The van der Waals surface area contributed by atoms with Crippen molar-refractivity contribution in [1.82, 2.24) is 9.55 Å². The molecule has 6 heteroatoms. The molecule has 174 valence electrons. The summed E-state index contributed by atoms with van der Waals surface area (Å²) >= 11 is 0. The summed E-state index contributed by atoms with van der Waals surface area (Å²) in [6, 6.07) is 19.5. The lowest BCUT2D eigenvalue weighted by molar-refractivity contribution is -0.139. The highest BCUT2D eigenvalue weighted by atomic mass is 16.5. The number of benzene rings is 3. The molecule has 0 radical (unpaired) electrons. The topological polar surface area (TPSA) is 81.4 Å². The van der Waals surface area contributed by atoms with Crippen LogP contribution in [0.25, 0.3) is 22.2 Å². The van der Waals surface area contributed by atoms with Gasteiger partial charge in [0.2, 0.25) is 0 Å². The van der Waals surface area contributed by atoms with E-state index in [1.165, 1.54) is 7.11 Å². The Kier molecular flexibility index (Phi) is 6.77. The van der Waals surface area contributed by atoms with Crippen molar-refractivity contribution < 1.29 is 19.4 Å². The first-order valence-corrected chi connectivity index (χ1v) is 11.4. The SMILES string of the molecule is CCCc1nc2c(C)cc(C(=O)O)cc2n1Cc1ccc(-c2ccccc2CC(=O)OC)cc1. The lowest BCUT2D eigenvalue weighted by atomic mass is 9.97. The van der Waals surface area contributed by atoms with E-state index in [0.717, 1.165) is 57.5 Å². The summed E-state index contributed by atoms with van der Waals surface area (Å²) in [6.07, 6.45) is 1.99.